The van der Waals surface area contributed by atoms with Crippen LogP contribution in [0.15, 0.2) is 48.5 Å². The summed E-state index contributed by atoms with van der Waals surface area (Å²) in [5.74, 6) is -2.54. The Morgan fingerprint density at radius 3 is 2.57 bits per heavy atom. The fourth-order valence-electron chi connectivity index (χ4n) is 4.08. The lowest BCUT2D eigenvalue weighted by Crippen LogP contribution is -2.45. The number of anilines is 1. The lowest BCUT2D eigenvalue weighted by atomic mass is 10.0. The summed E-state index contributed by atoms with van der Waals surface area (Å²) in [6.07, 6.45) is 1.56. The van der Waals surface area contributed by atoms with Crippen molar-refractivity contribution in [1.82, 2.24) is 14.6 Å². The van der Waals surface area contributed by atoms with E-state index in [1.807, 2.05) is 0 Å². The largest absolute Gasteiger partial charge is 0.395 e. The lowest BCUT2D eigenvalue weighted by Gasteiger charge is -2.32. The maximum atomic E-state index is 13.9. The first kappa shape index (κ1) is 26.5. The topological polar surface area (TPSA) is 141 Å². The molecular formula is C25H25ClFN5O4S. The minimum Gasteiger partial charge on any atom is -0.395 e. The molecule has 1 aliphatic rings. The Morgan fingerprint density at radius 1 is 1.22 bits per heavy atom. The van der Waals surface area contributed by atoms with Crippen LogP contribution in [0.4, 0.5) is 10.1 Å². The number of carbonyl (C=O) groups excluding carboxylic acids is 3. The maximum absolute atomic E-state index is 13.9. The number of halogens is 2. The predicted octanol–water partition coefficient (Wildman–Crippen LogP) is 3.30. The van der Waals surface area contributed by atoms with E-state index in [0.29, 0.717) is 34.3 Å². The number of carbonyl (C=O) groups is 3. The highest BCUT2D eigenvalue weighted by molar-refractivity contribution is 7.09. The average Bonchev–Trinajstić information content (AvgIpc) is 3.54. The Hall–Kier alpha value is -3.54. The zero-order chi connectivity index (χ0) is 26.5. The van der Waals surface area contributed by atoms with Gasteiger partial charge in [-0.05, 0) is 53.7 Å². The SMILES string of the molecule is NC(=O)c1nsc(C(=O)N(Cc2ccccc2Cl)[C@H](C(=O)NC[C@@H]2CCCO2)c2ccc(F)cc2)c1N. The molecule has 1 aromatic heterocycles. The highest BCUT2D eigenvalue weighted by atomic mass is 35.5. The van der Waals surface area contributed by atoms with Crippen molar-refractivity contribution < 1.29 is 23.5 Å². The number of rotatable bonds is 9. The van der Waals surface area contributed by atoms with Gasteiger partial charge in [-0.3, -0.25) is 14.4 Å². The summed E-state index contributed by atoms with van der Waals surface area (Å²) >= 11 is 7.10. The molecule has 0 unspecified atom stereocenters. The van der Waals surface area contributed by atoms with Crippen molar-refractivity contribution in [2.45, 2.75) is 31.5 Å². The van der Waals surface area contributed by atoms with E-state index < -0.39 is 29.6 Å². The summed E-state index contributed by atoms with van der Waals surface area (Å²) in [7, 11) is 0. The van der Waals surface area contributed by atoms with E-state index >= 15 is 0 Å². The van der Waals surface area contributed by atoms with Crippen molar-refractivity contribution in [2.24, 2.45) is 5.73 Å². The lowest BCUT2D eigenvalue weighted by molar-refractivity contribution is -0.126. The number of aromatic nitrogens is 1. The number of primary amides is 1. The van der Waals surface area contributed by atoms with E-state index in [4.69, 9.17) is 27.8 Å². The van der Waals surface area contributed by atoms with Crippen molar-refractivity contribution in [3.63, 3.8) is 0 Å². The van der Waals surface area contributed by atoms with E-state index in [-0.39, 0.29) is 35.5 Å². The zero-order valence-corrected chi connectivity index (χ0v) is 21.2. The van der Waals surface area contributed by atoms with Gasteiger partial charge in [0.2, 0.25) is 5.91 Å². The van der Waals surface area contributed by atoms with Gasteiger partial charge in [0.05, 0.1) is 11.8 Å². The molecule has 0 bridgehead atoms. The summed E-state index contributed by atoms with van der Waals surface area (Å²) in [5, 5.41) is 3.24. The standard InChI is InChI=1S/C25H25ClFN5O4S/c26-18-6-2-1-4-15(18)13-32(25(35)22-19(28)20(23(29)33)31-37-22)21(14-7-9-16(27)10-8-14)24(34)30-12-17-5-3-11-36-17/h1-2,4,6-10,17,21H,3,5,11-13,28H2,(H2,29,33)(H,30,34)/t17-,21-/m0/s1. The van der Waals surface area contributed by atoms with Crippen LogP contribution in [0.3, 0.4) is 0 Å². The first-order valence-corrected chi connectivity index (χ1v) is 12.7. The van der Waals surface area contributed by atoms with Gasteiger partial charge in [-0.25, -0.2) is 4.39 Å². The summed E-state index contributed by atoms with van der Waals surface area (Å²) in [5.41, 5.74) is 11.9. The Kier molecular flexibility index (Phi) is 8.37. The molecule has 12 heteroatoms. The van der Waals surface area contributed by atoms with Crippen molar-refractivity contribution in [1.29, 1.82) is 0 Å². The summed E-state index contributed by atoms with van der Waals surface area (Å²) in [6, 6.07) is 11.0. The number of benzene rings is 2. The van der Waals surface area contributed by atoms with Gasteiger partial charge in [0.25, 0.3) is 11.8 Å². The first-order valence-electron chi connectivity index (χ1n) is 11.5. The molecule has 0 spiro atoms. The molecule has 1 saturated heterocycles. The van der Waals surface area contributed by atoms with Crippen LogP contribution >= 0.6 is 23.1 Å². The Morgan fingerprint density at radius 2 is 1.95 bits per heavy atom. The van der Waals surface area contributed by atoms with Gasteiger partial charge >= 0.3 is 0 Å². The number of nitrogens with two attached hydrogens (primary N) is 2. The zero-order valence-electron chi connectivity index (χ0n) is 19.7. The number of nitrogens with one attached hydrogen (secondary N) is 1. The van der Waals surface area contributed by atoms with E-state index in [2.05, 4.69) is 9.69 Å². The fourth-order valence-corrected chi connectivity index (χ4v) is 5.04. The smallest absolute Gasteiger partial charge is 0.270 e. The number of nitrogens with zero attached hydrogens (tertiary/aromatic N) is 2. The van der Waals surface area contributed by atoms with E-state index in [0.717, 1.165) is 12.8 Å². The molecule has 4 rings (SSSR count). The number of hydrogen-bond donors (Lipinski definition) is 3. The summed E-state index contributed by atoms with van der Waals surface area (Å²) < 4.78 is 23.3. The number of nitrogen functional groups attached to an aromatic ring is 1. The molecular weight excluding hydrogens is 521 g/mol. The molecule has 0 radical (unpaired) electrons. The normalized spacial score (nSPS) is 15.8. The molecule has 5 N–H and O–H groups in total. The third kappa shape index (κ3) is 6.07. The van der Waals surface area contributed by atoms with E-state index in [1.54, 1.807) is 24.3 Å². The van der Waals surface area contributed by atoms with Crippen molar-refractivity contribution in [2.75, 3.05) is 18.9 Å². The van der Waals surface area contributed by atoms with Gasteiger partial charge in [-0.15, -0.1) is 0 Å². The predicted molar refractivity (Wildman–Crippen MR) is 137 cm³/mol. The van der Waals surface area contributed by atoms with Crippen LogP contribution < -0.4 is 16.8 Å². The van der Waals surface area contributed by atoms with Crippen LogP contribution in [0.2, 0.25) is 5.02 Å². The Labute approximate surface area is 221 Å². The molecule has 1 fully saturated rings. The monoisotopic (exact) mass is 545 g/mol. The minimum atomic E-state index is -1.19. The number of ether oxygens (including phenoxy) is 1. The van der Waals surface area contributed by atoms with Gasteiger partial charge in [-0.2, -0.15) is 4.37 Å². The highest BCUT2D eigenvalue weighted by Gasteiger charge is 2.35. The van der Waals surface area contributed by atoms with Crippen LogP contribution in [0.5, 0.6) is 0 Å². The third-order valence-corrected chi connectivity index (χ3v) is 7.21. The van der Waals surface area contributed by atoms with Crippen LogP contribution in [-0.2, 0) is 16.1 Å². The van der Waals surface area contributed by atoms with Crippen LogP contribution in [-0.4, -0.2) is 46.3 Å². The molecule has 3 amide bonds. The molecule has 194 valence electrons. The average molecular weight is 546 g/mol. The summed E-state index contributed by atoms with van der Waals surface area (Å²) in [6.45, 7) is 0.780. The van der Waals surface area contributed by atoms with E-state index in [9.17, 15) is 18.8 Å². The molecule has 2 aromatic carbocycles. The molecule has 2 heterocycles. The second-order valence-electron chi connectivity index (χ2n) is 8.50. The van der Waals surface area contributed by atoms with Gasteiger partial charge in [0.1, 0.15) is 16.7 Å². The van der Waals surface area contributed by atoms with Crippen LogP contribution in [0, 0.1) is 5.82 Å². The Bertz CT molecular complexity index is 1300. The minimum absolute atomic E-state index is 0.0557. The fraction of sp³-hybridized carbons (Fsp3) is 0.280. The first-order chi connectivity index (χ1) is 17.8. The maximum Gasteiger partial charge on any atom is 0.270 e. The van der Waals surface area contributed by atoms with Gasteiger partial charge in [0.15, 0.2) is 5.69 Å². The molecule has 0 saturated carbocycles. The van der Waals surface area contributed by atoms with Gasteiger partial charge in [-0.1, -0.05) is 41.9 Å². The van der Waals surface area contributed by atoms with Crippen LogP contribution in [0.25, 0.3) is 0 Å². The Balaban J connectivity index is 1.77. The molecule has 9 nitrogen and oxygen atoms in total. The van der Waals surface area contributed by atoms with Crippen molar-refractivity contribution in [3.8, 4) is 0 Å². The molecule has 37 heavy (non-hydrogen) atoms. The van der Waals surface area contributed by atoms with E-state index in [1.165, 1.54) is 29.2 Å². The van der Waals surface area contributed by atoms with Crippen LogP contribution in [0.1, 0.15) is 50.2 Å². The molecule has 3 aromatic rings. The van der Waals surface area contributed by atoms with Crippen molar-refractivity contribution in [3.05, 3.63) is 81.1 Å². The quantitative estimate of drug-likeness (QED) is 0.377. The molecule has 1 aliphatic heterocycles. The van der Waals surface area contributed by atoms with Crippen molar-refractivity contribution >= 4 is 46.5 Å². The van der Waals surface area contributed by atoms with Gasteiger partial charge in [0, 0.05) is 24.7 Å². The number of hydrogen-bond acceptors (Lipinski definition) is 7. The van der Waals surface area contributed by atoms with Gasteiger partial charge < -0.3 is 26.4 Å². The highest BCUT2D eigenvalue weighted by Crippen LogP contribution is 2.31. The molecule has 0 aliphatic carbocycles. The molecule has 2 atom stereocenters. The second kappa shape index (κ2) is 11.7. The third-order valence-electron chi connectivity index (χ3n) is 5.99. The summed E-state index contributed by atoms with van der Waals surface area (Å²) in [4.78, 5) is 40.5. The number of amides is 3. The second-order valence-corrected chi connectivity index (χ2v) is 9.68.